The fraction of sp³-hybridized carbons (Fsp3) is 0. The number of hydrogen-bond acceptors (Lipinski definition) is 3. The lowest BCUT2D eigenvalue weighted by Crippen LogP contribution is -2.26. The Morgan fingerprint density at radius 2 is 1.83 bits per heavy atom. The van der Waals surface area contributed by atoms with Gasteiger partial charge in [-0.25, -0.2) is 0 Å². The molecule has 2 aromatic rings. The van der Waals surface area contributed by atoms with E-state index in [9.17, 15) is 0 Å². The summed E-state index contributed by atoms with van der Waals surface area (Å²) in [6.45, 7) is 0. The van der Waals surface area contributed by atoms with Crippen molar-refractivity contribution in [3.8, 4) is 0 Å². The second kappa shape index (κ2) is 5.88. The zero-order chi connectivity index (χ0) is 12.8. The summed E-state index contributed by atoms with van der Waals surface area (Å²) in [5, 5.41) is 4.33. The van der Waals surface area contributed by atoms with Crippen molar-refractivity contribution in [1.29, 1.82) is 0 Å². The number of rotatable bonds is 3. The van der Waals surface area contributed by atoms with Gasteiger partial charge in [0.1, 0.15) is 5.71 Å². The summed E-state index contributed by atoms with van der Waals surface area (Å²) in [6.07, 6.45) is 1.72. The minimum atomic E-state index is 0.124. The number of hydrazone groups is 1. The Balaban J connectivity index is 2.42. The maximum absolute atomic E-state index is 5.39. The van der Waals surface area contributed by atoms with E-state index in [1.807, 2.05) is 48.5 Å². The highest BCUT2D eigenvalue weighted by molar-refractivity contribution is 7.80. The fourth-order valence-corrected chi connectivity index (χ4v) is 1.53. The van der Waals surface area contributed by atoms with Crippen molar-refractivity contribution >= 4 is 23.0 Å². The van der Waals surface area contributed by atoms with Gasteiger partial charge in [-0.15, -0.1) is 0 Å². The molecule has 0 spiro atoms. The lowest BCUT2D eigenvalue weighted by atomic mass is 10.1. The number of hydrogen-bond donors (Lipinski definition) is 2. The predicted octanol–water partition coefficient (Wildman–Crippen LogP) is 1.67. The van der Waals surface area contributed by atoms with Crippen LogP contribution in [0.2, 0.25) is 0 Å². The Labute approximate surface area is 111 Å². The van der Waals surface area contributed by atoms with E-state index in [0.717, 1.165) is 11.3 Å². The molecule has 5 heteroatoms. The second-order valence-corrected chi connectivity index (χ2v) is 3.96. The zero-order valence-corrected chi connectivity index (χ0v) is 10.4. The SMILES string of the molecule is NC(=S)N/N=C(/c1ccccc1)c1ccccn1. The first-order valence-corrected chi connectivity index (χ1v) is 5.78. The molecule has 0 aliphatic heterocycles. The van der Waals surface area contributed by atoms with E-state index in [1.165, 1.54) is 0 Å². The van der Waals surface area contributed by atoms with E-state index in [2.05, 4.69) is 15.5 Å². The molecular weight excluding hydrogens is 244 g/mol. The molecule has 0 fully saturated rings. The lowest BCUT2D eigenvalue weighted by Gasteiger charge is -2.06. The molecule has 0 aliphatic rings. The number of thiocarbonyl (C=S) groups is 1. The molecule has 4 nitrogen and oxygen atoms in total. The molecule has 1 aromatic carbocycles. The molecule has 90 valence electrons. The Morgan fingerprint density at radius 3 is 2.44 bits per heavy atom. The van der Waals surface area contributed by atoms with Crippen LogP contribution in [0.4, 0.5) is 0 Å². The van der Waals surface area contributed by atoms with Crippen LogP contribution in [0, 0.1) is 0 Å². The standard InChI is InChI=1S/C13H12N4S/c14-13(18)17-16-12(10-6-2-1-3-7-10)11-8-4-5-9-15-11/h1-9H,(H3,14,17,18)/b16-12-. The molecule has 0 aliphatic carbocycles. The number of aromatic nitrogens is 1. The van der Waals surface area contributed by atoms with Crippen LogP contribution in [0.5, 0.6) is 0 Å². The van der Waals surface area contributed by atoms with E-state index in [-0.39, 0.29) is 5.11 Å². The first-order chi connectivity index (χ1) is 8.77. The summed E-state index contributed by atoms with van der Waals surface area (Å²) < 4.78 is 0. The summed E-state index contributed by atoms with van der Waals surface area (Å²) in [7, 11) is 0. The number of nitrogens with two attached hydrogens (primary N) is 1. The minimum absolute atomic E-state index is 0.124. The summed E-state index contributed by atoms with van der Waals surface area (Å²) in [5.41, 5.74) is 10.4. The van der Waals surface area contributed by atoms with E-state index >= 15 is 0 Å². The predicted molar refractivity (Wildman–Crippen MR) is 76.2 cm³/mol. The topological polar surface area (TPSA) is 63.3 Å². The smallest absolute Gasteiger partial charge is 0.184 e. The summed E-state index contributed by atoms with van der Waals surface area (Å²) >= 11 is 4.75. The van der Waals surface area contributed by atoms with E-state index < -0.39 is 0 Å². The number of pyridine rings is 1. The monoisotopic (exact) mass is 256 g/mol. The van der Waals surface area contributed by atoms with Crippen molar-refractivity contribution in [3.05, 3.63) is 66.0 Å². The molecule has 0 saturated carbocycles. The summed E-state index contributed by atoms with van der Waals surface area (Å²) in [6, 6.07) is 15.4. The molecule has 0 bridgehead atoms. The van der Waals surface area contributed by atoms with E-state index in [0.29, 0.717) is 5.71 Å². The van der Waals surface area contributed by atoms with Crippen LogP contribution < -0.4 is 11.2 Å². The van der Waals surface area contributed by atoms with Gasteiger partial charge in [0, 0.05) is 11.8 Å². The first-order valence-electron chi connectivity index (χ1n) is 5.37. The molecule has 0 radical (unpaired) electrons. The van der Waals surface area contributed by atoms with Crippen LogP contribution in [-0.4, -0.2) is 15.8 Å². The van der Waals surface area contributed by atoms with Crippen LogP contribution >= 0.6 is 12.2 Å². The zero-order valence-electron chi connectivity index (χ0n) is 9.58. The molecule has 3 N–H and O–H groups in total. The van der Waals surface area contributed by atoms with Crippen molar-refractivity contribution in [2.75, 3.05) is 0 Å². The molecule has 1 aromatic heterocycles. The second-order valence-electron chi connectivity index (χ2n) is 3.52. The van der Waals surface area contributed by atoms with Crippen LogP contribution in [0.1, 0.15) is 11.3 Å². The van der Waals surface area contributed by atoms with Gasteiger partial charge in [0.15, 0.2) is 5.11 Å². The van der Waals surface area contributed by atoms with Gasteiger partial charge in [0.05, 0.1) is 5.69 Å². The van der Waals surface area contributed by atoms with Gasteiger partial charge in [-0.2, -0.15) is 5.10 Å². The molecule has 0 unspecified atom stereocenters. The first kappa shape index (κ1) is 12.2. The average molecular weight is 256 g/mol. The molecule has 1 heterocycles. The van der Waals surface area contributed by atoms with Gasteiger partial charge >= 0.3 is 0 Å². The lowest BCUT2D eigenvalue weighted by molar-refractivity contribution is 1.03. The van der Waals surface area contributed by atoms with Crippen molar-refractivity contribution in [1.82, 2.24) is 10.4 Å². The molecule has 2 rings (SSSR count). The third-order valence-corrected chi connectivity index (χ3v) is 2.32. The van der Waals surface area contributed by atoms with Gasteiger partial charge in [-0.1, -0.05) is 36.4 Å². The third-order valence-electron chi connectivity index (χ3n) is 2.23. The Bertz CT molecular complexity index is 510. The van der Waals surface area contributed by atoms with Gasteiger partial charge in [0.25, 0.3) is 0 Å². The van der Waals surface area contributed by atoms with Crippen LogP contribution in [-0.2, 0) is 0 Å². The van der Waals surface area contributed by atoms with Crippen molar-refractivity contribution in [2.24, 2.45) is 10.8 Å². The number of benzene rings is 1. The molecule has 0 saturated heterocycles. The Morgan fingerprint density at radius 1 is 1.11 bits per heavy atom. The van der Waals surface area contributed by atoms with Crippen LogP contribution in [0.15, 0.2) is 59.8 Å². The molecular formula is C13H12N4S. The molecule has 18 heavy (non-hydrogen) atoms. The van der Waals surface area contributed by atoms with Gasteiger partial charge in [-0.05, 0) is 24.4 Å². The highest BCUT2D eigenvalue weighted by Gasteiger charge is 2.07. The average Bonchev–Trinajstić information content (AvgIpc) is 2.41. The van der Waals surface area contributed by atoms with E-state index in [4.69, 9.17) is 18.0 Å². The van der Waals surface area contributed by atoms with Crippen molar-refractivity contribution in [3.63, 3.8) is 0 Å². The fourth-order valence-electron chi connectivity index (χ4n) is 1.48. The summed E-state index contributed by atoms with van der Waals surface area (Å²) in [5.74, 6) is 0. The van der Waals surface area contributed by atoms with Crippen LogP contribution in [0.3, 0.4) is 0 Å². The third kappa shape index (κ3) is 3.11. The maximum Gasteiger partial charge on any atom is 0.184 e. The van der Waals surface area contributed by atoms with E-state index in [1.54, 1.807) is 6.20 Å². The number of nitrogens with one attached hydrogen (secondary N) is 1. The Kier molecular flexibility index (Phi) is 3.98. The number of nitrogens with zero attached hydrogens (tertiary/aromatic N) is 2. The largest absolute Gasteiger partial charge is 0.375 e. The van der Waals surface area contributed by atoms with Gasteiger partial charge in [-0.3, -0.25) is 10.4 Å². The van der Waals surface area contributed by atoms with Gasteiger partial charge < -0.3 is 5.73 Å². The Hall–Kier alpha value is -2.27. The van der Waals surface area contributed by atoms with Crippen molar-refractivity contribution in [2.45, 2.75) is 0 Å². The minimum Gasteiger partial charge on any atom is -0.375 e. The summed E-state index contributed by atoms with van der Waals surface area (Å²) in [4.78, 5) is 4.28. The van der Waals surface area contributed by atoms with Crippen molar-refractivity contribution < 1.29 is 0 Å². The molecule has 0 amide bonds. The normalized spacial score (nSPS) is 11.0. The molecule has 0 atom stereocenters. The van der Waals surface area contributed by atoms with Gasteiger partial charge in [0.2, 0.25) is 0 Å². The maximum atomic E-state index is 5.39. The highest BCUT2D eigenvalue weighted by Crippen LogP contribution is 2.07. The quantitative estimate of drug-likeness (QED) is 0.498. The highest BCUT2D eigenvalue weighted by atomic mass is 32.1. The van der Waals surface area contributed by atoms with Crippen LogP contribution in [0.25, 0.3) is 0 Å².